The van der Waals surface area contributed by atoms with E-state index in [0.717, 1.165) is 24.1 Å². The van der Waals surface area contributed by atoms with Crippen LogP contribution in [0.1, 0.15) is 35.0 Å². The second-order valence-electron chi connectivity index (χ2n) is 7.94. The summed E-state index contributed by atoms with van der Waals surface area (Å²) in [5, 5.41) is 0.359. The van der Waals surface area contributed by atoms with Crippen LogP contribution in [0.25, 0.3) is 0 Å². The molecule has 4 rings (SSSR count). The molecule has 11 heteroatoms. The van der Waals surface area contributed by atoms with Crippen LogP contribution in [-0.2, 0) is 21.8 Å². The molecule has 2 heterocycles. The molecule has 1 saturated carbocycles. The summed E-state index contributed by atoms with van der Waals surface area (Å²) in [6.07, 6.45) is 2.41. The van der Waals surface area contributed by atoms with Crippen molar-refractivity contribution >= 4 is 44.2 Å². The Morgan fingerprint density at radius 3 is 2.68 bits per heavy atom. The number of thioether (sulfide) groups is 1. The van der Waals surface area contributed by atoms with Crippen LogP contribution in [0.4, 0.5) is 8.78 Å². The van der Waals surface area contributed by atoms with Gasteiger partial charge in [0.25, 0.3) is 0 Å². The van der Waals surface area contributed by atoms with Crippen molar-refractivity contribution in [2.75, 3.05) is 6.26 Å². The first-order chi connectivity index (χ1) is 14.4. The molecule has 1 aliphatic heterocycles. The number of pyridine rings is 1. The number of fused-ring (bicyclic) bond motifs is 1. The molecular weight excluding hydrogens is 468 g/mol. The van der Waals surface area contributed by atoms with E-state index in [1.807, 2.05) is 0 Å². The molecule has 6 nitrogen and oxygen atoms in total. The lowest BCUT2D eigenvalue weighted by molar-refractivity contribution is 0.0988. The molecule has 3 atom stereocenters. The maximum absolute atomic E-state index is 14.9. The number of Topliss-reactive ketones (excluding diaryl/α,β-unsaturated/α-hetero) is 1. The Kier molecular flexibility index (Phi) is 5.18. The molecule has 2 aliphatic rings. The van der Waals surface area contributed by atoms with Gasteiger partial charge < -0.3 is 5.73 Å². The predicted octanol–water partition coefficient (Wildman–Crippen LogP) is 3.48. The average molecular weight is 486 g/mol. The number of halogens is 3. The molecule has 1 aliphatic carbocycles. The molecule has 2 N–H and O–H groups in total. The van der Waals surface area contributed by atoms with Gasteiger partial charge in [0.2, 0.25) is 0 Å². The van der Waals surface area contributed by atoms with E-state index in [0.29, 0.717) is 5.02 Å². The maximum Gasteiger partial charge on any atom is 0.185 e. The zero-order chi connectivity index (χ0) is 22.8. The molecule has 164 valence electrons. The quantitative estimate of drug-likeness (QED) is 0.650. The number of rotatable bonds is 5. The number of nitrogens with zero attached hydrogens (tertiary/aromatic N) is 2. The first-order valence-corrected chi connectivity index (χ1v) is 12.3. The summed E-state index contributed by atoms with van der Waals surface area (Å²) in [5.41, 5.74) is 4.74. The van der Waals surface area contributed by atoms with Crippen LogP contribution in [0.3, 0.4) is 0 Å². The van der Waals surface area contributed by atoms with Gasteiger partial charge in [0, 0.05) is 30.4 Å². The molecule has 0 spiro atoms. The number of amidine groups is 1. The highest BCUT2D eigenvalue weighted by Gasteiger charge is 2.72. The zero-order valence-corrected chi connectivity index (χ0v) is 18.9. The molecule has 1 fully saturated rings. The van der Waals surface area contributed by atoms with Crippen molar-refractivity contribution in [2.45, 2.75) is 29.4 Å². The van der Waals surface area contributed by atoms with Gasteiger partial charge in [-0.15, -0.1) is 0 Å². The fraction of sp³-hybridized carbons (Fsp3) is 0.350. The Balaban J connectivity index is 1.74. The first kappa shape index (κ1) is 22.2. The monoisotopic (exact) mass is 485 g/mol. The van der Waals surface area contributed by atoms with E-state index in [-0.39, 0.29) is 34.8 Å². The molecule has 2 aromatic rings. The fourth-order valence-electron chi connectivity index (χ4n) is 4.14. The van der Waals surface area contributed by atoms with E-state index >= 15 is 0 Å². The Morgan fingerprint density at radius 2 is 2.06 bits per heavy atom. The number of hydrogen-bond acceptors (Lipinski definition) is 7. The normalized spacial score (nSPS) is 27.4. The Hall–Kier alpha value is -2.04. The van der Waals surface area contributed by atoms with Crippen LogP contribution in [0.2, 0.25) is 5.02 Å². The molecule has 0 unspecified atom stereocenters. The molecule has 0 amide bonds. The topological polar surface area (TPSA) is 102 Å². The molecule has 31 heavy (non-hydrogen) atoms. The summed E-state index contributed by atoms with van der Waals surface area (Å²) in [6, 6.07) is 5.25. The lowest BCUT2D eigenvalue weighted by Gasteiger charge is -2.33. The molecule has 1 aromatic heterocycles. The van der Waals surface area contributed by atoms with Crippen molar-refractivity contribution in [3.63, 3.8) is 0 Å². The lowest BCUT2D eigenvalue weighted by Crippen LogP contribution is -2.39. The SMILES string of the molecule is C[C@]1(c2cc(CC(=O)c3ccc(Cl)cn3)cc(F)c2F)N=C(N)S[C@@]2(S(C)(=O)=O)C[C@H]21. The van der Waals surface area contributed by atoms with Crippen LogP contribution < -0.4 is 5.73 Å². The van der Waals surface area contributed by atoms with E-state index in [9.17, 15) is 22.0 Å². The van der Waals surface area contributed by atoms with Crippen molar-refractivity contribution in [3.05, 3.63) is 63.9 Å². The van der Waals surface area contributed by atoms with E-state index in [2.05, 4.69) is 9.98 Å². The highest BCUT2D eigenvalue weighted by atomic mass is 35.5. The van der Waals surface area contributed by atoms with Gasteiger partial charge in [0.05, 0.1) is 10.6 Å². The summed E-state index contributed by atoms with van der Waals surface area (Å²) < 4.78 is 53.0. The fourth-order valence-corrected chi connectivity index (χ4v) is 7.54. The Labute approximate surface area is 187 Å². The number of sulfone groups is 1. The van der Waals surface area contributed by atoms with Crippen molar-refractivity contribution in [1.82, 2.24) is 4.98 Å². The smallest absolute Gasteiger partial charge is 0.185 e. The number of carbonyl (C=O) groups is 1. The number of benzene rings is 1. The number of nitrogens with two attached hydrogens (primary N) is 1. The molecule has 0 radical (unpaired) electrons. The van der Waals surface area contributed by atoms with Crippen LogP contribution >= 0.6 is 23.4 Å². The summed E-state index contributed by atoms with van der Waals surface area (Å²) in [5.74, 6) is -3.27. The Bertz CT molecular complexity index is 1240. The third-order valence-electron chi connectivity index (χ3n) is 5.80. The largest absolute Gasteiger partial charge is 0.378 e. The van der Waals surface area contributed by atoms with Crippen LogP contribution in [0.15, 0.2) is 35.5 Å². The van der Waals surface area contributed by atoms with Gasteiger partial charge >= 0.3 is 0 Å². The van der Waals surface area contributed by atoms with Crippen molar-refractivity contribution in [1.29, 1.82) is 0 Å². The third kappa shape index (κ3) is 3.64. The summed E-state index contributed by atoms with van der Waals surface area (Å²) >= 11 is 6.72. The first-order valence-electron chi connectivity index (χ1n) is 9.24. The van der Waals surface area contributed by atoms with Crippen molar-refractivity contribution in [2.24, 2.45) is 16.6 Å². The number of aromatic nitrogens is 1. The molecule has 0 bridgehead atoms. The summed E-state index contributed by atoms with van der Waals surface area (Å²) in [6.45, 7) is 1.54. The maximum atomic E-state index is 14.9. The minimum absolute atomic E-state index is 0.00618. The van der Waals surface area contributed by atoms with E-state index in [4.69, 9.17) is 17.3 Å². The highest BCUT2D eigenvalue weighted by molar-refractivity contribution is 8.24. The van der Waals surface area contributed by atoms with Gasteiger partial charge in [-0.2, -0.15) is 0 Å². The average Bonchev–Trinajstić information content (AvgIpc) is 3.42. The van der Waals surface area contributed by atoms with Crippen LogP contribution in [-0.4, -0.2) is 34.7 Å². The van der Waals surface area contributed by atoms with Gasteiger partial charge in [-0.3, -0.25) is 14.8 Å². The number of ketones is 1. The van der Waals surface area contributed by atoms with Gasteiger partial charge in [-0.25, -0.2) is 17.2 Å². The van der Waals surface area contributed by atoms with Crippen LogP contribution in [0.5, 0.6) is 0 Å². The Morgan fingerprint density at radius 1 is 1.35 bits per heavy atom. The summed E-state index contributed by atoms with van der Waals surface area (Å²) in [7, 11) is -3.54. The van der Waals surface area contributed by atoms with Gasteiger partial charge in [0.1, 0.15) is 9.77 Å². The second-order valence-corrected chi connectivity index (χ2v) is 12.3. The van der Waals surface area contributed by atoms with Gasteiger partial charge in [-0.1, -0.05) is 23.4 Å². The minimum atomic E-state index is -3.54. The van der Waals surface area contributed by atoms with Crippen molar-refractivity contribution in [3.8, 4) is 0 Å². The highest BCUT2D eigenvalue weighted by Crippen LogP contribution is 2.68. The number of carbonyl (C=O) groups excluding carboxylic acids is 1. The van der Waals surface area contributed by atoms with Gasteiger partial charge in [-0.05, 0) is 43.2 Å². The number of hydrogen-bond donors (Lipinski definition) is 1. The molecular formula is C20H18ClF2N3O3S2. The molecule has 0 saturated heterocycles. The van der Waals surface area contributed by atoms with E-state index < -0.39 is 42.8 Å². The van der Waals surface area contributed by atoms with E-state index in [1.54, 1.807) is 6.92 Å². The number of aliphatic imine (C=N–C) groups is 1. The zero-order valence-electron chi connectivity index (χ0n) is 16.5. The second kappa shape index (κ2) is 7.25. The van der Waals surface area contributed by atoms with Crippen LogP contribution in [0, 0.1) is 17.6 Å². The third-order valence-corrected chi connectivity index (χ3v) is 9.98. The lowest BCUT2D eigenvalue weighted by atomic mass is 9.85. The predicted molar refractivity (Wildman–Crippen MR) is 116 cm³/mol. The van der Waals surface area contributed by atoms with Gasteiger partial charge in [0.15, 0.2) is 32.4 Å². The molecule has 1 aromatic carbocycles. The standard InChI is InChI=1S/C20H18ClF2N3O3S2/c1-19(16-8-20(16,31(2,28)29)30-18(24)26-19)12-5-10(6-13(22)17(12)23)7-15(27)14-4-3-11(21)9-25-14/h3-6,9,16H,7-8H2,1-2H3,(H2,24,26)/t16-,19+,20+/m0/s1. The van der Waals surface area contributed by atoms with Crippen molar-refractivity contribution < 1.29 is 22.0 Å². The summed E-state index contributed by atoms with van der Waals surface area (Å²) in [4.78, 5) is 20.8. The van der Waals surface area contributed by atoms with E-state index in [1.165, 1.54) is 24.4 Å². The minimum Gasteiger partial charge on any atom is -0.378 e.